The maximum absolute atomic E-state index is 13.0. The number of ether oxygens (including phenoxy) is 2. The topological polar surface area (TPSA) is 89.0 Å². The summed E-state index contributed by atoms with van der Waals surface area (Å²) in [7, 11) is 0. The van der Waals surface area contributed by atoms with Crippen LogP contribution in [0.2, 0.25) is 5.02 Å². The maximum Gasteiger partial charge on any atom is 0.410 e. The smallest absolute Gasteiger partial charge is 0.410 e. The normalized spacial score (nSPS) is 14.5. The van der Waals surface area contributed by atoms with Crippen LogP contribution >= 0.6 is 22.9 Å². The van der Waals surface area contributed by atoms with Gasteiger partial charge in [-0.25, -0.2) is 9.78 Å². The molecule has 0 aliphatic carbocycles. The molecule has 0 N–H and O–H groups in total. The molecule has 5 aromatic rings. The molecule has 3 amide bonds. The number of hydrogen-bond acceptors (Lipinski definition) is 7. The van der Waals surface area contributed by atoms with Gasteiger partial charge in [0.2, 0.25) is 11.8 Å². The molecule has 2 aliphatic heterocycles. The highest BCUT2D eigenvalue weighted by atomic mass is 35.5. The molecule has 0 atom stereocenters. The number of halogens is 1. The molecule has 0 spiro atoms. The van der Waals surface area contributed by atoms with Crippen LogP contribution in [0.25, 0.3) is 21.3 Å². The number of amides is 3. The summed E-state index contributed by atoms with van der Waals surface area (Å²) in [4.78, 5) is 47.6. The minimum atomic E-state index is -0.365. The van der Waals surface area contributed by atoms with Crippen LogP contribution in [-0.2, 0) is 47.1 Å². The van der Waals surface area contributed by atoms with E-state index >= 15 is 0 Å². The lowest BCUT2D eigenvalue weighted by Gasteiger charge is -2.26. The van der Waals surface area contributed by atoms with Crippen LogP contribution in [0.3, 0.4) is 0 Å². The van der Waals surface area contributed by atoms with Gasteiger partial charge in [-0.05, 0) is 40.8 Å². The first kappa shape index (κ1) is 30.0. The summed E-state index contributed by atoms with van der Waals surface area (Å²) in [5, 5.41) is 1.34. The van der Waals surface area contributed by atoms with Gasteiger partial charge in [0.25, 0.3) is 0 Å². The minimum Gasteiger partial charge on any atom is -0.489 e. The number of pyridine rings is 1. The SMILES string of the molecule is O=C(OCc1ccccc1)N1CCc2c(sc3nc(CN4C(=O)CCC4=O)c(Cl)c(-c4ccc(OCc5ccccc5)cc4)c23)C1. The first-order chi connectivity index (χ1) is 22.4. The van der Waals surface area contributed by atoms with Crippen LogP contribution in [0, 0.1) is 0 Å². The zero-order valence-electron chi connectivity index (χ0n) is 24.9. The van der Waals surface area contributed by atoms with Gasteiger partial charge in [0.1, 0.15) is 23.8 Å². The van der Waals surface area contributed by atoms with Gasteiger partial charge in [-0.15, -0.1) is 11.3 Å². The highest BCUT2D eigenvalue weighted by molar-refractivity contribution is 7.19. The van der Waals surface area contributed by atoms with E-state index in [-0.39, 0.29) is 43.9 Å². The molecule has 8 nitrogen and oxygen atoms in total. The van der Waals surface area contributed by atoms with E-state index in [1.54, 1.807) is 4.90 Å². The summed E-state index contributed by atoms with van der Waals surface area (Å²) >= 11 is 8.64. The molecule has 46 heavy (non-hydrogen) atoms. The van der Waals surface area contributed by atoms with E-state index in [1.807, 2.05) is 84.9 Å². The second kappa shape index (κ2) is 12.9. The van der Waals surface area contributed by atoms with Crippen molar-refractivity contribution >= 4 is 51.1 Å². The van der Waals surface area contributed by atoms with Gasteiger partial charge >= 0.3 is 6.09 Å². The number of carbonyl (C=O) groups excluding carboxylic acids is 3. The second-order valence-electron chi connectivity index (χ2n) is 11.3. The summed E-state index contributed by atoms with van der Waals surface area (Å²) in [6.07, 6.45) is 0.636. The van der Waals surface area contributed by atoms with Gasteiger partial charge in [-0.1, -0.05) is 84.4 Å². The predicted molar refractivity (Wildman–Crippen MR) is 176 cm³/mol. The van der Waals surface area contributed by atoms with E-state index in [0.717, 1.165) is 48.7 Å². The third kappa shape index (κ3) is 6.08. The Morgan fingerprint density at radius 2 is 1.50 bits per heavy atom. The van der Waals surface area contributed by atoms with Crippen molar-refractivity contribution in [2.75, 3.05) is 6.54 Å². The number of thiophene rings is 1. The number of fused-ring (bicyclic) bond motifs is 3. The number of rotatable bonds is 8. The third-order valence-corrected chi connectivity index (χ3v) is 9.83. The van der Waals surface area contributed by atoms with Crippen molar-refractivity contribution in [3.63, 3.8) is 0 Å². The lowest BCUT2D eigenvalue weighted by atomic mass is 9.96. The molecule has 0 radical (unpaired) electrons. The number of imide groups is 1. The Balaban J connectivity index is 1.21. The monoisotopic (exact) mass is 651 g/mol. The summed E-state index contributed by atoms with van der Waals surface area (Å²) in [6.45, 7) is 1.56. The van der Waals surface area contributed by atoms with Crippen molar-refractivity contribution in [3.05, 3.63) is 117 Å². The summed E-state index contributed by atoms with van der Waals surface area (Å²) < 4.78 is 11.6. The lowest BCUT2D eigenvalue weighted by Crippen LogP contribution is -2.35. The summed E-state index contributed by atoms with van der Waals surface area (Å²) in [5.74, 6) is 0.277. The predicted octanol–water partition coefficient (Wildman–Crippen LogP) is 7.54. The highest BCUT2D eigenvalue weighted by Gasteiger charge is 2.32. The Kier molecular flexibility index (Phi) is 8.43. The molecule has 10 heteroatoms. The van der Waals surface area contributed by atoms with Crippen LogP contribution in [0.4, 0.5) is 4.79 Å². The maximum atomic E-state index is 13.0. The van der Waals surface area contributed by atoms with Crippen molar-refractivity contribution in [3.8, 4) is 16.9 Å². The Morgan fingerprint density at radius 3 is 2.17 bits per heavy atom. The van der Waals surface area contributed by atoms with E-state index in [2.05, 4.69) is 0 Å². The quantitative estimate of drug-likeness (QED) is 0.161. The molecule has 0 unspecified atom stereocenters. The van der Waals surface area contributed by atoms with Crippen molar-refractivity contribution in [2.45, 2.75) is 45.6 Å². The number of nitrogens with zero attached hydrogens (tertiary/aromatic N) is 3. The van der Waals surface area contributed by atoms with E-state index in [0.29, 0.717) is 36.8 Å². The molecular formula is C36H30ClN3O5S. The van der Waals surface area contributed by atoms with Crippen molar-refractivity contribution in [1.29, 1.82) is 0 Å². The summed E-state index contributed by atoms with van der Waals surface area (Å²) in [6, 6.07) is 27.3. The molecule has 232 valence electrons. The molecule has 4 heterocycles. The zero-order valence-corrected chi connectivity index (χ0v) is 26.5. The van der Waals surface area contributed by atoms with E-state index in [9.17, 15) is 14.4 Å². The molecule has 2 aromatic heterocycles. The zero-order chi connectivity index (χ0) is 31.6. The fourth-order valence-electron chi connectivity index (χ4n) is 5.90. The van der Waals surface area contributed by atoms with Gasteiger partial charge in [0.05, 0.1) is 23.8 Å². The third-order valence-electron chi connectivity index (χ3n) is 8.32. The van der Waals surface area contributed by atoms with E-state index in [4.69, 9.17) is 26.1 Å². The molecule has 7 rings (SSSR count). The van der Waals surface area contributed by atoms with Gasteiger partial charge < -0.3 is 14.4 Å². The minimum absolute atomic E-state index is 0.0121. The fraction of sp³-hybridized carbons (Fsp3) is 0.222. The van der Waals surface area contributed by atoms with Crippen LogP contribution in [-0.4, -0.2) is 39.2 Å². The first-order valence-electron chi connectivity index (χ1n) is 15.1. The van der Waals surface area contributed by atoms with E-state index in [1.165, 1.54) is 16.2 Å². The summed E-state index contributed by atoms with van der Waals surface area (Å²) in [5.41, 5.74) is 5.24. The van der Waals surface area contributed by atoms with Gasteiger partial charge in [0.15, 0.2) is 0 Å². The molecule has 1 saturated heterocycles. The molecule has 1 fully saturated rings. The highest BCUT2D eigenvalue weighted by Crippen LogP contribution is 2.45. The molecular weight excluding hydrogens is 622 g/mol. The lowest BCUT2D eigenvalue weighted by molar-refractivity contribution is -0.139. The fourth-order valence-corrected chi connectivity index (χ4v) is 7.47. The van der Waals surface area contributed by atoms with Gasteiger partial charge in [0, 0.05) is 35.2 Å². The largest absolute Gasteiger partial charge is 0.489 e. The van der Waals surface area contributed by atoms with Gasteiger partial charge in [-0.2, -0.15) is 0 Å². The Hall–Kier alpha value is -4.73. The molecule has 0 bridgehead atoms. The Morgan fingerprint density at radius 1 is 0.848 bits per heavy atom. The van der Waals surface area contributed by atoms with Crippen LogP contribution in [0.15, 0.2) is 84.9 Å². The van der Waals surface area contributed by atoms with Gasteiger partial charge in [-0.3, -0.25) is 14.5 Å². The molecule has 2 aliphatic rings. The van der Waals surface area contributed by atoms with Crippen molar-refractivity contribution in [2.24, 2.45) is 0 Å². The standard InChI is InChI=1S/C36H30ClN3O5S/c37-34-28(19-40-30(41)15-16-31(40)42)38-35-33(32(34)25-11-13-26(14-12-25)44-21-23-7-3-1-4-8-23)27-17-18-39(20-29(27)46-35)36(43)45-22-24-9-5-2-6-10-24/h1-14H,15-22H2. The van der Waals surface area contributed by atoms with Crippen molar-refractivity contribution in [1.82, 2.24) is 14.8 Å². The first-order valence-corrected chi connectivity index (χ1v) is 16.3. The number of benzene rings is 3. The van der Waals surface area contributed by atoms with Crippen LogP contribution < -0.4 is 4.74 Å². The average molecular weight is 652 g/mol. The Bertz CT molecular complexity index is 1910. The molecule has 0 saturated carbocycles. The van der Waals surface area contributed by atoms with Crippen LogP contribution in [0.1, 0.15) is 40.1 Å². The Labute approximate surface area is 275 Å². The van der Waals surface area contributed by atoms with Crippen LogP contribution in [0.5, 0.6) is 5.75 Å². The van der Waals surface area contributed by atoms with E-state index < -0.39 is 0 Å². The number of carbonyl (C=O) groups is 3. The average Bonchev–Trinajstić information content (AvgIpc) is 3.61. The number of likely N-dealkylation sites (tertiary alicyclic amines) is 1. The number of aromatic nitrogens is 1. The number of hydrogen-bond donors (Lipinski definition) is 0. The van der Waals surface area contributed by atoms with Crippen molar-refractivity contribution < 1.29 is 23.9 Å². The second-order valence-corrected chi connectivity index (χ2v) is 12.8. The molecule has 3 aromatic carbocycles.